The molecule has 0 fully saturated rings. The van der Waals surface area contributed by atoms with Crippen molar-refractivity contribution in [3.8, 4) is 0 Å². The molecule has 1 amide bonds. The molecule has 0 bridgehead atoms. The maximum Gasteiger partial charge on any atom is 0.471 e. The van der Waals surface area contributed by atoms with Gasteiger partial charge in [0.15, 0.2) is 0 Å². The Morgan fingerprint density at radius 3 is 2.56 bits per heavy atom. The molecule has 6 nitrogen and oxygen atoms in total. The van der Waals surface area contributed by atoms with E-state index in [-0.39, 0.29) is 30.2 Å². The molecule has 1 aromatic carbocycles. The number of fused-ring (bicyclic) bond motifs is 1. The van der Waals surface area contributed by atoms with Gasteiger partial charge in [0, 0.05) is 19.3 Å². The van der Waals surface area contributed by atoms with Crippen LogP contribution in [-0.2, 0) is 27.8 Å². The first kappa shape index (κ1) is 19.4. The van der Waals surface area contributed by atoms with Gasteiger partial charge in [-0.25, -0.2) is 13.4 Å². The fourth-order valence-corrected chi connectivity index (χ4v) is 3.86. The highest BCUT2D eigenvalue weighted by Crippen LogP contribution is 2.27. The Labute approximate surface area is 158 Å². The molecule has 11 heteroatoms. The highest BCUT2D eigenvalue weighted by atomic mass is 35.5. The third-order valence-electron chi connectivity index (χ3n) is 4.00. The average Bonchev–Trinajstić information content (AvgIpc) is 2.61. The van der Waals surface area contributed by atoms with E-state index in [4.69, 9.17) is 11.6 Å². The summed E-state index contributed by atoms with van der Waals surface area (Å²) >= 11 is 5.70. The summed E-state index contributed by atoms with van der Waals surface area (Å²) in [7, 11) is -4.01. The summed E-state index contributed by atoms with van der Waals surface area (Å²) in [5, 5.41) is 0.334. The van der Waals surface area contributed by atoms with Gasteiger partial charge in [0.25, 0.3) is 10.0 Å². The quantitative estimate of drug-likeness (QED) is 0.829. The Morgan fingerprint density at radius 1 is 1.19 bits per heavy atom. The van der Waals surface area contributed by atoms with Crippen LogP contribution in [0.25, 0.3) is 0 Å². The highest BCUT2D eigenvalue weighted by Gasteiger charge is 2.43. The Morgan fingerprint density at radius 2 is 1.93 bits per heavy atom. The van der Waals surface area contributed by atoms with Crippen molar-refractivity contribution in [1.29, 1.82) is 0 Å². The Balaban J connectivity index is 1.85. The van der Waals surface area contributed by atoms with E-state index in [1.165, 1.54) is 36.5 Å². The predicted octanol–water partition coefficient (Wildman–Crippen LogP) is 2.98. The summed E-state index contributed by atoms with van der Waals surface area (Å²) in [5.74, 6) is -1.89. The summed E-state index contributed by atoms with van der Waals surface area (Å²) in [6.07, 6.45) is -3.49. The molecule has 0 aliphatic carbocycles. The largest absolute Gasteiger partial charge is 0.471 e. The van der Waals surface area contributed by atoms with Gasteiger partial charge in [-0.1, -0.05) is 17.7 Å². The van der Waals surface area contributed by atoms with Crippen LogP contribution in [0.15, 0.2) is 41.4 Å². The fourth-order valence-electron chi connectivity index (χ4n) is 2.69. The number of sulfonamides is 1. The van der Waals surface area contributed by atoms with Gasteiger partial charge in [0.2, 0.25) is 0 Å². The van der Waals surface area contributed by atoms with E-state index < -0.39 is 22.1 Å². The van der Waals surface area contributed by atoms with Crippen LogP contribution in [0.5, 0.6) is 0 Å². The number of amides is 1. The molecule has 2 heterocycles. The highest BCUT2D eigenvalue weighted by molar-refractivity contribution is 7.92. The van der Waals surface area contributed by atoms with Gasteiger partial charge in [-0.3, -0.25) is 9.52 Å². The number of rotatable bonds is 3. The SMILES string of the molecule is O=C(N1CCc2ccc(S(=O)(=O)Nc3ccc(Cl)cn3)cc2C1)C(F)(F)F. The molecule has 0 atom stereocenters. The Bertz CT molecular complexity index is 979. The monoisotopic (exact) mass is 419 g/mol. The van der Waals surface area contributed by atoms with Crippen LogP contribution in [0.2, 0.25) is 5.02 Å². The van der Waals surface area contributed by atoms with Gasteiger partial charge >= 0.3 is 12.1 Å². The van der Waals surface area contributed by atoms with Crippen LogP contribution in [-0.4, -0.2) is 36.9 Å². The Hall–Kier alpha value is -2.33. The smallest absolute Gasteiger partial charge is 0.330 e. The van der Waals surface area contributed by atoms with Gasteiger partial charge in [-0.15, -0.1) is 0 Å². The number of nitrogens with one attached hydrogen (secondary N) is 1. The van der Waals surface area contributed by atoms with E-state index in [1.807, 2.05) is 0 Å². The number of aromatic nitrogens is 1. The number of nitrogens with zero attached hydrogens (tertiary/aromatic N) is 2. The number of hydrogen-bond acceptors (Lipinski definition) is 4. The van der Waals surface area contributed by atoms with E-state index >= 15 is 0 Å². The molecule has 3 rings (SSSR count). The maximum absolute atomic E-state index is 12.6. The zero-order chi connectivity index (χ0) is 19.8. The van der Waals surface area contributed by atoms with E-state index in [0.29, 0.717) is 21.0 Å². The van der Waals surface area contributed by atoms with Crippen molar-refractivity contribution >= 4 is 33.3 Å². The minimum Gasteiger partial charge on any atom is -0.330 e. The molecule has 0 unspecified atom stereocenters. The lowest BCUT2D eigenvalue weighted by Crippen LogP contribution is -2.43. The van der Waals surface area contributed by atoms with Crippen LogP contribution in [0, 0.1) is 0 Å². The molecular formula is C16H13ClF3N3O3S. The normalized spacial score (nSPS) is 14.6. The third kappa shape index (κ3) is 4.33. The number of anilines is 1. The molecule has 1 aliphatic heterocycles. The predicted molar refractivity (Wildman–Crippen MR) is 91.7 cm³/mol. The van der Waals surface area contributed by atoms with Crippen LogP contribution in [0.3, 0.4) is 0 Å². The summed E-state index contributed by atoms with van der Waals surface area (Å²) in [6.45, 7) is -0.388. The summed E-state index contributed by atoms with van der Waals surface area (Å²) in [4.78, 5) is 15.8. The molecule has 1 aliphatic rings. The van der Waals surface area contributed by atoms with Crippen molar-refractivity contribution in [2.45, 2.75) is 24.0 Å². The van der Waals surface area contributed by atoms with Gasteiger partial charge < -0.3 is 4.90 Å². The molecule has 0 saturated carbocycles. The number of carbonyl (C=O) groups excluding carboxylic acids is 1. The molecule has 27 heavy (non-hydrogen) atoms. The second-order valence-electron chi connectivity index (χ2n) is 5.87. The van der Waals surface area contributed by atoms with E-state index in [1.54, 1.807) is 0 Å². The molecule has 0 saturated heterocycles. The van der Waals surface area contributed by atoms with Crippen molar-refractivity contribution in [2.24, 2.45) is 0 Å². The van der Waals surface area contributed by atoms with Crippen LogP contribution < -0.4 is 4.72 Å². The number of alkyl halides is 3. The first-order valence-corrected chi connectivity index (χ1v) is 9.55. The lowest BCUT2D eigenvalue weighted by Gasteiger charge is -2.29. The number of benzene rings is 1. The lowest BCUT2D eigenvalue weighted by atomic mass is 10.00. The van der Waals surface area contributed by atoms with Gasteiger partial charge in [-0.2, -0.15) is 13.2 Å². The summed E-state index contributed by atoms with van der Waals surface area (Å²) in [5.41, 5.74) is 1.05. The third-order valence-corrected chi connectivity index (χ3v) is 5.57. The minimum atomic E-state index is -4.97. The topological polar surface area (TPSA) is 79.4 Å². The van der Waals surface area contributed by atoms with Crippen molar-refractivity contribution in [1.82, 2.24) is 9.88 Å². The molecule has 0 spiro atoms. The zero-order valence-corrected chi connectivity index (χ0v) is 15.2. The summed E-state index contributed by atoms with van der Waals surface area (Å²) in [6, 6.07) is 7.00. The first-order valence-electron chi connectivity index (χ1n) is 7.68. The zero-order valence-electron chi connectivity index (χ0n) is 13.6. The first-order chi connectivity index (χ1) is 12.6. The van der Waals surface area contributed by atoms with Crippen molar-refractivity contribution in [3.05, 3.63) is 52.7 Å². The van der Waals surface area contributed by atoms with Gasteiger partial charge in [0.05, 0.1) is 9.92 Å². The molecular weight excluding hydrogens is 407 g/mol. The number of halogens is 4. The standard InChI is InChI=1S/C16H13ClF3N3O3S/c17-12-2-4-14(21-8-12)22-27(25,26)13-3-1-10-5-6-23(9-11(10)7-13)15(24)16(18,19)20/h1-4,7-8H,5-6,9H2,(H,21,22). The molecule has 1 aromatic heterocycles. The van der Waals surface area contributed by atoms with Crippen molar-refractivity contribution < 1.29 is 26.4 Å². The van der Waals surface area contributed by atoms with Crippen LogP contribution >= 0.6 is 11.6 Å². The summed E-state index contributed by atoms with van der Waals surface area (Å²) < 4.78 is 65.2. The average molecular weight is 420 g/mol. The number of carbonyl (C=O) groups is 1. The molecule has 1 N–H and O–H groups in total. The maximum atomic E-state index is 12.6. The van der Waals surface area contributed by atoms with E-state index in [9.17, 15) is 26.4 Å². The Kier molecular flexibility index (Phi) is 5.04. The van der Waals surface area contributed by atoms with E-state index in [0.717, 1.165) is 0 Å². The molecule has 2 aromatic rings. The number of pyridine rings is 1. The van der Waals surface area contributed by atoms with E-state index in [2.05, 4.69) is 9.71 Å². The second kappa shape index (κ2) is 7.01. The van der Waals surface area contributed by atoms with Crippen LogP contribution in [0.1, 0.15) is 11.1 Å². The second-order valence-corrected chi connectivity index (χ2v) is 7.99. The number of hydrogen-bond donors (Lipinski definition) is 1. The molecule has 144 valence electrons. The van der Waals surface area contributed by atoms with Crippen molar-refractivity contribution in [2.75, 3.05) is 11.3 Å². The minimum absolute atomic E-state index is 0.0472. The molecule has 0 radical (unpaired) electrons. The van der Waals surface area contributed by atoms with Gasteiger partial charge in [0.1, 0.15) is 5.82 Å². The van der Waals surface area contributed by atoms with Crippen molar-refractivity contribution in [3.63, 3.8) is 0 Å². The van der Waals surface area contributed by atoms with Crippen LogP contribution in [0.4, 0.5) is 19.0 Å². The van der Waals surface area contributed by atoms with Gasteiger partial charge in [-0.05, 0) is 41.8 Å². The fraction of sp³-hybridized carbons (Fsp3) is 0.250. The lowest BCUT2D eigenvalue weighted by molar-refractivity contribution is -0.186.